The van der Waals surface area contributed by atoms with E-state index in [1.165, 1.54) is 16.7 Å². The summed E-state index contributed by atoms with van der Waals surface area (Å²) in [7, 11) is 0. The summed E-state index contributed by atoms with van der Waals surface area (Å²) in [6, 6.07) is -1.41. The molecule has 0 aromatic rings. The molecule has 3 aliphatic rings. The highest BCUT2D eigenvalue weighted by molar-refractivity contribution is 9.09. The van der Waals surface area contributed by atoms with Gasteiger partial charge in [0.25, 0.3) is 0 Å². The van der Waals surface area contributed by atoms with Gasteiger partial charge < -0.3 is 20.0 Å². The van der Waals surface area contributed by atoms with Crippen LogP contribution in [0.3, 0.4) is 0 Å². The largest absolute Gasteiger partial charge is 0.481 e. The molecular weight excluding hydrogens is 460 g/mol. The van der Waals surface area contributed by atoms with E-state index in [-0.39, 0.29) is 34.5 Å². The second-order valence-electron chi connectivity index (χ2n) is 8.36. The number of aliphatic hydroxyl groups is 1. The van der Waals surface area contributed by atoms with Crippen molar-refractivity contribution in [2.45, 2.75) is 66.6 Å². The second-order valence-corrected chi connectivity index (χ2v) is 11.1. The van der Waals surface area contributed by atoms with E-state index in [0.29, 0.717) is 19.4 Å². The van der Waals surface area contributed by atoms with Crippen LogP contribution in [0, 0.1) is 11.8 Å². The lowest BCUT2D eigenvalue weighted by Crippen LogP contribution is -2.58. The van der Waals surface area contributed by atoms with Gasteiger partial charge in [-0.25, -0.2) is 0 Å². The molecule has 7 nitrogen and oxygen atoms in total. The van der Waals surface area contributed by atoms with E-state index in [9.17, 15) is 24.6 Å². The minimum absolute atomic E-state index is 0.0750. The molecule has 0 aromatic carbocycles. The van der Waals surface area contributed by atoms with E-state index in [1.54, 1.807) is 11.0 Å². The molecule has 0 aliphatic carbocycles. The van der Waals surface area contributed by atoms with Gasteiger partial charge in [-0.05, 0) is 26.7 Å². The number of carbonyl (C=O) groups excluding carboxylic acids is 2. The van der Waals surface area contributed by atoms with Crippen molar-refractivity contribution >= 4 is 45.5 Å². The van der Waals surface area contributed by atoms with Gasteiger partial charge in [0, 0.05) is 22.7 Å². The molecular formula is C20H29BrN2O5S. The van der Waals surface area contributed by atoms with Crippen molar-refractivity contribution in [3.05, 3.63) is 12.7 Å². The van der Waals surface area contributed by atoms with E-state index in [0.717, 1.165) is 0 Å². The molecule has 2 bridgehead atoms. The SMILES string of the molecule is C=CCN(C(=O)C1N([C@@H](CC)CO)C(=O)[C@@H]2[C@H](C(=O)O)[C@H]3SC12CC3Br)C(C)C. The van der Waals surface area contributed by atoms with Gasteiger partial charge >= 0.3 is 5.97 Å². The number of carboxylic acids is 1. The van der Waals surface area contributed by atoms with Crippen LogP contribution in [-0.4, -0.2) is 83.9 Å². The monoisotopic (exact) mass is 488 g/mol. The summed E-state index contributed by atoms with van der Waals surface area (Å²) >= 11 is 5.09. The molecule has 29 heavy (non-hydrogen) atoms. The summed E-state index contributed by atoms with van der Waals surface area (Å²) in [5, 5.41) is 19.6. The minimum Gasteiger partial charge on any atom is -0.481 e. The van der Waals surface area contributed by atoms with E-state index in [4.69, 9.17) is 0 Å². The highest BCUT2D eigenvalue weighted by Gasteiger charge is 2.76. The van der Waals surface area contributed by atoms with Crippen LogP contribution in [0.15, 0.2) is 12.7 Å². The summed E-state index contributed by atoms with van der Waals surface area (Å²) < 4.78 is -0.799. The Morgan fingerprint density at radius 1 is 1.48 bits per heavy atom. The summed E-state index contributed by atoms with van der Waals surface area (Å²) in [4.78, 5) is 42.6. The third-order valence-electron chi connectivity index (χ3n) is 6.55. The molecule has 7 atom stereocenters. The Balaban J connectivity index is 2.14. The first-order valence-electron chi connectivity index (χ1n) is 10.0. The molecule has 3 fully saturated rings. The molecule has 3 unspecified atom stereocenters. The number of aliphatic carboxylic acids is 1. The summed E-state index contributed by atoms with van der Waals surface area (Å²) in [6.07, 6.45) is 2.70. The number of alkyl halides is 1. The number of rotatable bonds is 8. The zero-order valence-electron chi connectivity index (χ0n) is 17.0. The predicted molar refractivity (Wildman–Crippen MR) is 115 cm³/mol. The Hall–Kier alpha value is -1.06. The Morgan fingerprint density at radius 2 is 2.14 bits per heavy atom. The van der Waals surface area contributed by atoms with Crippen LogP contribution in [0.5, 0.6) is 0 Å². The van der Waals surface area contributed by atoms with E-state index < -0.39 is 34.6 Å². The van der Waals surface area contributed by atoms with Crippen LogP contribution >= 0.6 is 27.7 Å². The van der Waals surface area contributed by atoms with Crippen molar-refractivity contribution in [1.29, 1.82) is 0 Å². The summed E-state index contributed by atoms with van der Waals surface area (Å²) in [5.41, 5.74) is 0. The summed E-state index contributed by atoms with van der Waals surface area (Å²) in [6.45, 7) is 9.51. The lowest BCUT2D eigenvalue weighted by atomic mass is 9.71. The average Bonchev–Trinajstić information content (AvgIpc) is 3.24. The highest BCUT2D eigenvalue weighted by Crippen LogP contribution is 2.68. The van der Waals surface area contributed by atoms with Crippen molar-refractivity contribution in [1.82, 2.24) is 9.80 Å². The topological polar surface area (TPSA) is 98.2 Å². The number of fused-ring (bicyclic) bond motifs is 1. The van der Waals surface area contributed by atoms with Gasteiger partial charge in [0.05, 0.1) is 29.2 Å². The van der Waals surface area contributed by atoms with Gasteiger partial charge in [-0.3, -0.25) is 14.4 Å². The minimum atomic E-state index is -0.997. The zero-order chi connectivity index (χ0) is 21.7. The Morgan fingerprint density at radius 3 is 2.62 bits per heavy atom. The number of hydrogen-bond acceptors (Lipinski definition) is 5. The van der Waals surface area contributed by atoms with Crippen LogP contribution in [0.4, 0.5) is 0 Å². The third kappa shape index (κ3) is 3.24. The zero-order valence-corrected chi connectivity index (χ0v) is 19.4. The molecule has 0 radical (unpaired) electrons. The Bertz CT molecular complexity index is 715. The molecule has 2 amide bonds. The van der Waals surface area contributed by atoms with E-state index in [2.05, 4.69) is 22.5 Å². The number of halogens is 1. The molecule has 3 heterocycles. The van der Waals surface area contributed by atoms with Gasteiger partial charge in [0.15, 0.2) is 0 Å². The number of carbonyl (C=O) groups is 3. The van der Waals surface area contributed by atoms with Crippen LogP contribution < -0.4 is 0 Å². The molecule has 1 spiro atoms. The quantitative estimate of drug-likeness (QED) is 0.398. The first-order valence-corrected chi connectivity index (χ1v) is 11.8. The Kier molecular flexibility index (Phi) is 6.42. The normalized spacial score (nSPS) is 36.4. The first kappa shape index (κ1) is 22.6. The molecule has 3 saturated heterocycles. The van der Waals surface area contributed by atoms with Gasteiger partial charge in [-0.15, -0.1) is 18.3 Å². The lowest BCUT2D eigenvalue weighted by Gasteiger charge is -2.40. The maximum absolute atomic E-state index is 13.8. The third-order valence-corrected chi connectivity index (χ3v) is 9.77. The smallest absolute Gasteiger partial charge is 0.308 e. The van der Waals surface area contributed by atoms with Gasteiger partial charge in [-0.2, -0.15) is 0 Å². The molecule has 0 aromatic heterocycles. The van der Waals surface area contributed by atoms with Crippen molar-refractivity contribution in [3.8, 4) is 0 Å². The number of likely N-dealkylation sites (tertiary alicyclic amines) is 1. The molecule has 3 aliphatic heterocycles. The van der Waals surface area contributed by atoms with Crippen LogP contribution in [-0.2, 0) is 14.4 Å². The van der Waals surface area contributed by atoms with Gasteiger partial charge in [0.1, 0.15) is 6.04 Å². The van der Waals surface area contributed by atoms with Crippen molar-refractivity contribution in [2.75, 3.05) is 13.2 Å². The molecule has 162 valence electrons. The lowest BCUT2D eigenvalue weighted by molar-refractivity contribution is -0.150. The fraction of sp³-hybridized carbons (Fsp3) is 0.750. The number of amides is 2. The van der Waals surface area contributed by atoms with Crippen LogP contribution in [0.1, 0.15) is 33.6 Å². The first-order chi connectivity index (χ1) is 13.7. The molecule has 3 rings (SSSR count). The van der Waals surface area contributed by atoms with Gasteiger partial charge in [-0.1, -0.05) is 28.9 Å². The molecule has 0 saturated carbocycles. The number of hydrogen-bond donors (Lipinski definition) is 2. The average molecular weight is 489 g/mol. The van der Waals surface area contributed by atoms with Gasteiger partial charge in [0.2, 0.25) is 11.8 Å². The van der Waals surface area contributed by atoms with E-state index in [1.807, 2.05) is 20.8 Å². The number of aliphatic hydroxyl groups excluding tert-OH is 1. The highest BCUT2D eigenvalue weighted by atomic mass is 79.9. The van der Waals surface area contributed by atoms with Crippen molar-refractivity contribution in [2.24, 2.45) is 11.8 Å². The van der Waals surface area contributed by atoms with Crippen LogP contribution in [0.25, 0.3) is 0 Å². The predicted octanol–water partition coefficient (Wildman–Crippen LogP) is 1.73. The maximum atomic E-state index is 13.8. The fourth-order valence-corrected chi connectivity index (χ4v) is 8.87. The van der Waals surface area contributed by atoms with Crippen molar-refractivity contribution in [3.63, 3.8) is 0 Å². The number of carboxylic acid groups (broad SMARTS) is 1. The standard InChI is InChI=1S/C20H29BrN2O5S/c1-5-7-22(10(3)4)18(26)16-20-8-12(21)15(29-20)13(19(27)28)14(20)17(25)23(16)11(6-2)9-24/h5,10-16,24H,1,6-9H2,2-4H3,(H,27,28)/t11-,12?,13-,14-,15-,16?,20?/m0/s1. The van der Waals surface area contributed by atoms with E-state index >= 15 is 0 Å². The Labute approximate surface area is 184 Å². The van der Waals surface area contributed by atoms with Crippen molar-refractivity contribution < 1.29 is 24.6 Å². The maximum Gasteiger partial charge on any atom is 0.308 e. The molecule has 2 N–H and O–H groups in total. The number of nitrogens with zero attached hydrogens (tertiary/aromatic N) is 2. The molecule has 9 heteroatoms. The summed E-state index contributed by atoms with van der Waals surface area (Å²) in [5.74, 6) is -3.09. The van der Waals surface area contributed by atoms with Crippen LogP contribution in [0.2, 0.25) is 0 Å². The fourth-order valence-electron chi connectivity index (χ4n) is 5.29. The second kappa shape index (κ2) is 8.23. The number of thioether (sulfide) groups is 1.